The van der Waals surface area contributed by atoms with Gasteiger partial charge in [0.25, 0.3) is 0 Å². The molecule has 0 N–H and O–H groups in total. The number of rotatable bonds is 0. The zero-order valence-corrected chi connectivity index (χ0v) is 6.60. The van der Waals surface area contributed by atoms with Crippen molar-refractivity contribution in [1.29, 1.82) is 0 Å². The minimum Gasteiger partial charge on any atom is -0.432 e. The first-order chi connectivity index (χ1) is 5.57. The highest BCUT2D eigenvalue weighted by molar-refractivity contribution is 5.40. The van der Waals surface area contributed by atoms with Crippen molar-refractivity contribution >= 4 is 0 Å². The van der Waals surface area contributed by atoms with Gasteiger partial charge in [-0.25, -0.2) is 0 Å². The molecule has 0 radical (unpaired) electrons. The Morgan fingerprint density at radius 1 is 1.42 bits per heavy atom. The van der Waals surface area contributed by atoms with Crippen LogP contribution in [0.1, 0.15) is 11.1 Å². The third kappa shape index (κ3) is 1.15. The van der Waals surface area contributed by atoms with Gasteiger partial charge in [-0.2, -0.15) is 8.78 Å². The average molecular weight is 170 g/mol. The topological polar surface area (TPSA) is 9.23 Å². The lowest BCUT2D eigenvalue weighted by molar-refractivity contribution is -0.159. The van der Waals surface area contributed by atoms with E-state index in [9.17, 15) is 8.78 Å². The second-order valence-electron chi connectivity index (χ2n) is 3.03. The molecule has 1 aliphatic rings. The summed E-state index contributed by atoms with van der Waals surface area (Å²) >= 11 is 0. The molecule has 0 bridgehead atoms. The molecule has 0 amide bonds. The van der Waals surface area contributed by atoms with Crippen molar-refractivity contribution in [2.75, 3.05) is 0 Å². The smallest absolute Gasteiger partial charge is 0.402 e. The van der Waals surface area contributed by atoms with Crippen LogP contribution in [-0.2, 0) is 6.42 Å². The molecule has 0 aliphatic carbocycles. The highest BCUT2D eigenvalue weighted by atomic mass is 19.3. The second-order valence-corrected chi connectivity index (χ2v) is 3.03. The quantitative estimate of drug-likeness (QED) is 0.581. The molecule has 1 aromatic rings. The summed E-state index contributed by atoms with van der Waals surface area (Å²) in [6, 6.07) is 5.09. The predicted octanol–water partition coefficient (Wildman–Crippen LogP) is 2.52. The summed E-state index contributed by atoms with van der Waals surface area (Å²) < 4.78 is 29.7. The molecule has 0 saturated heterocycles. The van der Waals surface area contributed by atoms with E-state index in [1.807, 2.05) is 6.92 Å². The number of benzene rings is 1. The standard InChI is InChI=1S/C9H8F2O/c1-6-2-3-8-7(4-6)5-9(10,11)12-8/h2-4H,5H2,1H3. The van der Waals surface area contributed by atoms with Gasteiger partial charge in [-0.3, -0.25) is 0 Å². The average Bonchev–Trinajstić information content (AvgIpc) is 2.21. The molecule has 1 heterocycles. The number of hydrogen-bond donors (Lipinski definition) is 0. The van der Waals surface area contributed by atoms with Gasteiger partial charge in [0, 0.05) is 5.56 Å². The molecule has 0 unspecified atom stereocenters. The number of alkyl halides is 2. The fourth-order valence-corrected chi connectivity index (χ4v) is 1.36. The summed E-state index contributed by atoms with van der Waals surface area (Å²) in [6.07, 6.45) is -3.31. The fraction of sp³-hybridized carbons (Fsp3) is 0.333. The third-order valence-corrected chi connectivity index (χ3v) is 1.87. The zero-order valence-electron chi connectivity index (χ0n) is 6.60. The second kappa shape index (κ2) is 2.19. The lowest BCUT2D eigenvalue weighted by Gasteiger charge is -2.06. The van der Waals surface area contributed by atoms with Gasteiger partial charge >= 0.3 is 6.11 Å². The van der Waals surface area contributed by atoms with Gasteiger partial charge in [0.1, 0.15) is 5.75 Å². The van der Waals surface area contributed by atoms with Gasteiger partial charge in [-0.1, -0.05) is 17.7 Å². The molecule has 2 rings (SSSR count). The van der Waals surface area contributed by atoms with Gasteiger partial charge in [-0.05, 0) is 13.0 Å². The van der Waals surface area contributed by atoms with Crippen LogP contribution < -0.4 is 4.74 Å². The Morgan fingerprint density at radius 2 is 2.17 bits per heavy atom. The number of ether oxygens (including phenoxy) is 1. The lowest BCUT2D eigenvalue weighted by atomic mass is 10.1. The Bertz CT molecular complexity index is 320. The van der Waals surface area contributed by atoms with Gasteiger partial charge < -0.3 is 4.74 Å². The van der Waals surface area contributed by atoms with E-state index in [0.29, 0.717) is 11.3 Å². The van der Waals surface area contributed by atoms with E-state index < -0.39 is 6.11 Å². The van der Waals surface area contributed by atoms with Crippen molar-refractivity contribution in [3.05, 3.63) is 29.3 Å². The van der Waals surface area contributed by atoms with Crippen molar-refractivity contribution in [3.63, 3.8) is 0 Å². The van der Waals surface area contributed by atoms with Crippen LogP contribution in [0.25, 0.3) is 0 Å². The number of hydrogen-bond acceptors (Lipinski definition) is 1. The van der Waals surface area contributed by atoms with Crippen molar-refractivity contribution in [3.8, 4) is 5.75 Å². The third-order valence-electron chi connectivity index (χ3n) is 1.87. The summed E-state index contributed by atoms with van der Waals surface area (Å²) in [4.78, 5) is 0. The van der Waals surface area contributed by atoms with E-state index >= 15 is 0 Å². The normalized spacial score (nSPS) is 18.6. The highest BCUT2D eigenvalue weighted by Crippen LogP contribution is 2.37. The van der Waals surface area contributed by atoms with Crippen LogP contribution >= 0.6 is 0 Å². The minimum absolute atomic E-state index is 0.302. The minimum atomic E-state index is -3.00. The van der Waals surface area contributed by atoms with E-state index in [-0.39, 0.29) is 6.42 Å². The van der Waals surface area contributed by atoms with Gasteiger partial charge in [0.15, 0.2) is 0 Å². The Kier molecular flexibility index (Phi) is 1.37. The summed E-state index contributed by atoms with van der Waals surface area (Å²) in [5.74, 6) is 0.311. The van der Waals surface area contributed by atoms with Crippen LogP contribution in [0.15, 0.2) is 18.2 Å². The van der Waals surface area contributed by atoms with Crippen molar-refractivity contribution < 1.29 is 13.5 Å². The maximum atomic E-state index is 12.6. The first kappa shape index (κ1) is 7.53. The van der Waals surface area contributed by atoms with Gasteiger partial charge in [0.2, 0.25) is 0 Å². The maximum Gasteiger partial charge on any atom is 0.402 e. The van der Waals surface area contributed by atoms with Crippen molar-refractivity contribution in [2.45, 2.75) is 19.5 Å². The van der Waals surface area contributed by atoms with Gasteiger partial charge in [-0.15, -0.1) is 0 Å². The number of fused-ring (bicyclic) bond motifs is 1. The predicted molar refractivity (Wildman–Crippen MR) is 40.5 cm³/mol. The fourth-order valence-electron chi connectivity index (χ4n) is 1.36. The molecular weight excluding hydrogens is 162 g/mol. The molecule has 1 aromatic carbocycles. The molecule has 0 aromatic heterocycles. The largest absolute Gasteiger partial charge is 0.432 e. The van der Waals surface area contributed by atoms with Crippen LogP contribution in [0.2, 0.25) is 0 Å². The molecule has 0 atom stereocenters. The molecule has 64 valence electrons. The van der Waals surface area contributed by atoms with Crippen molar-refractivity contribution in [1.82, 2.24) is 0 Å². The van der Waals surface area contributed by atoms with E-state index in [1.165, 1.54) is 0 Å². The summed E-state index contributed by atoms with van der Waals surface area (Å²) in [7, 11) is 0. The summed E-state index contributed by atoms with van der Waals surface area (Å²) in [5.41, 5.74) is 1.58. The maximum absolute atomic E-state index is 12.6. The SMILES string of the molecule is Cc1ccc2c(c1)CC(F)(F)O2. The first-order valence-corrected chi connectivity index (χ1v) is 3.73. The van der Waals surface area contributed by atoms with E-state index in [1.54, 1.807) is 18.2 Å². The molecule has 3 heteroatoms. The van der Waals surface area contributed by atoms with E-state index in [0.717, 1.165) is 5.56 Å². The van der Waals surface area contributed by atoms with Crippen molar-refractivity contribution in [2.24, 2.45) is 0 Å². The molecule has 0 fully saturated rings. The molecule has 1 nitrogen and oxygen atoms in total. The highest BCUT2D eigenvalue weighted by Gasteiger charge is 2.39. The van der Waals surface area contributed by atoms with Crippen LogP contribution in [-0.4, -0.2) is 6.11 Å². The molecule has 12 heavy (non-hydrogen) atoms. The number of aryl methyl sites for hydroxylation is 1. The van der Waals surface area contributed by atoms with E-state index in [2.05, 4.69) is 4.74 Å². The van der Waals surface area contributed by atoms with Crippen LogP contribution in [0.3, 0.4) is 0 Å². The van der Waals surface area contributed by atoms with E-state index in [4.69, 9.17) is 0 Å². The Balaban J connectivity index is 2.43. The first-order valence-electron chi connectivity index (χ1n) is 3.73. The summed E-state index contributed by atoms with van der Waals surface area (Å²) in [5, 5.41) is 0. The number of halogens is 2. The molecule has 0 spiro atoms. The lowest BCUT2D eigenvalue weighted by Crippen LogP contribution is -2.20. The van der Waals surface area contributed by atoms with Crippen LogP contribution in [0, 0.1) is 6.92 Å². The Morgan fingerprint density at radius 3 is 2.92 bits per heavy atom. The van der Waals surface area contributed by atoms with Crippen LogP contribution in [0.5, 0.6) is 5.75 Å². The van der Waals surface area contributed by atoms with Gasteiger partial charge in [0.05, 0.1) is 6.42 Å². The molecule has 0 saturated carbocycles. The molecule has 1 aliphatic heterocycles. The monoisotopic (exact) mass is 170 g/mol. The Labute approximate surface area is 69.0 Å². The summed E-state index contributed by atoms with van der Waals surface area (Å²) in [6.45, 7) is 1.87. The molecular formula is C9H8F2O. The van der Waals surface area contributed by atoms with Crippen LogP contribution in [0.4, 0.5) is 8.78 Å². The Hall–Kier alpha value is -1.12. The zero-order chi connectivity index (χ0) is 8.77.